The van der Waals surface area contributed by atoms with Gasteiger partial charge < -0.3 is 5.73 Å². The topological polar surface area (TPSA) is 26.0 Å². The van der Waals surface area contributed by atoms with Crippen LogP contribution in [-0.4, -0.2) is 6.67 Å². The summed E-state index contributed by atoms with van der Waals surface area (Å²) in [6.07, 6.45) is 1.01. The van der Waals surface area contributed by atoms with Gasteiger partial charge in [-0.15, -0.1) is 0 Å². The molecule has 0 aliphatic rings. The molecule has 0 aromatic heterocycles. The van der Waals surface area contributed by atoms with Crippen LogP contribution in [0.2, 0.25) is 0 Å². The molecule has 2 N–H and O–H groups in total. The fourth-order valence-corrected chi connectivity index (χ4v) is 1.09. The van der Waals surface area contributed by atoms with E-state index in [-0.39, 0.29) is 0 Å². The molecular weight excluding hydrogens is 153 g/mol. The number of nitrogens with two attached hydrogens (primary N) is 1. The van der Waals surface area contributed by atoms with Crippen LogP contribution in [0, 0.1) is 0 Å². The summed E-state index contributed by atoms with van der Waals surface area (Å²) in [5.41, 5.74) is 7.64. The molecule has 0 saturated heterocycles. The number of halogens is 1. The Morgan fingerprint density at radius 3 is 2.33 bits per heavy atom. The van der Waals surface area contributed by atoms with Crippen molar-refractivity contribution in [1.82, 2.24) is 0 Å². The lowest BCUT2D eigenvalue weighted by Crippen LogP contribution is -2.11. The Bertz CT molecular complexity index is 230. The molecule has 1 nitrogen and oxygen atoms in total. The largest absolute Gasteiger partial charge is 0.322 e. The lowest BCUT2D eigenvalue weighted by Gasteiger charge is -2.07. The van der Waals surface area contributed by atoms with E-state index in [0.717, 1.165) is 12.0 Å². The smallest absolute Gasteiger partial charge is 0.109 e. The molecule has 12 heavy (non-hydrogen) atoms. The predicted molar refractivity (Wildman–Crippen MR) is 48.7 cm³/mol. The van der Waals surface area contributed by atoms with E-state index in [1.807, 2.05) is 24.3 Å². The minimum absolute atomic E-state index is 0.462. The Morgan fingerprint density at radius 1 is 1.33 bits per heavy atom. The van der Waals surface area contributed by atoms with Crippen LogP contribution >= 0.6 is 0 Å². The van der Waals surface area contributed by atoms with Crippen molar-refractivity contribution in [3.8, 4) is 0 Å². The molecule has 0 amide bonds. The van der Waals surface area contributed by atoms with Gasteiger partial charge in [-0.2, -0.15) is 0 Å². The average molecular weight is 167 g/mol. The van der Waals surface area contributed by atoms with Crippen LogP contribution < -0.4 is 5.73 Å². The van der Waals surface area contributed by atoms with E-state index in [0.29, 0.717) is 0 Å². The van der Waals surface area contributed by atoms with E-state index >= 15 is 0 Å². The second kappa shape index (κ2) is 4.21. The predicted octanol–water partition coefficient (Wildman–Crippen LogP) is 2.22. The summed E-state index contributed by atoms with van der Waals surface area (Å²) in [7, 11) is 0. The Kier molecular flexibility index (Phi) is 3.23. The van der Waals surface area contributed by atoms with Crippen LogP contribution in [0.3, 0.4) is 0 Å². The van der Waals surface area contributed by atoms with E-state index in [2.05, 4.69) is 6.92 Å². The zero-order valence-corrected chi connectivity index (χ0v) is 7.26. The lowest BCUT2D eigenvalue weighted by atomic mass is 10.1. The average Bonchev–Trinajstić information content (AvgIpc) is 2.17. The molecule has 1 rings (SSSR count). The zero-order chi connectivity index (χ0) is 8.97. The number of hydrogen-bond acceptors (Lipinski definition) is 1. The van der Waals surface area contributed by atoms with Crippen molar-refractivity contribution >= 4 is 0 Å². The van der Waals surface area contributed by atoms with Gasteiger partial charge in [0.2, 0.25) is 0 Å². The molecule has 0 radical (unpaired) electrons. The van der Waals surface area contributed by atoms with Crippen LogP contribution in [0.25, 0.3) is 0 Å². The zero-order valence-electron chi connectivity index (χ0n) is 7.26. The van der Waals surface area contributed by atoms with Crippen molar-refractivity contribution in [2.24, 2.45) is 5.73 Å². The van der Waals surface area contributed by atoms with Gasteiger partial charge >= 0.3 is 0 Å². The summed E-state index contributed by atoms with van der Waals surface area (Å²) < 4.78 is 12.1. The SMILES string of the molecule is CCc1ccc([C@@H](N)CF)cc1. The van der Waals surface area contributed by atoms with Crippen molar-refractivity contribution in [1.29, 1.82) is 0 Å². The summed E-state index contributed by atoms with van der Waals surface area (Å²) in [5.74, 6) is 0. The summed E-state index contributed by atoms with van der Waals surface area (Å²) in [6.45, 7) is 1.59. The fraction of sp³-hybridized carbons (Fsp3) is 0.400. The molecule has 0 aliphatic carbocycles. The van der Waals surface area contributed by atoms with E-state index in [4.69, 9.17) is 5.73 Å². The van der Waals surface area contributed by atoms with Gasteiger partial charge in [0.25, 0.3) is 0 Å². The molecule has 1 atom stereocenters. The highest BCUT2D eigenvalue weighted by atomic mass is 19.1. The quantitative estimate of drug-likeness (QED) is 0.734. The number of aryl methyl sites for hydroxylation is 1. The lowest BCUT2D eigenvalue weighted by molar-refractivity contribution is 0.437. The van der Waals surface area contributed by atoms with E-state index in [1.54, 1.807) is 0 Å². The van der Waals surface area contributed by atoms with Crippen molar-refractivity contribution < 1.29 is 4.39 Å². The van der Waals surface area contributed by atoms with Crippen LogP contribution in [0.5, 0.6) is 0 Å². The van der Waals surface area contributed by atoms with Gasteiger partial charge in [0.15, 0.2) is 0 Å². The molecule has 2 heteroatoms. The molecule has 1 aromatic rings. The van der Waals surface area contributed by atoms with Gasteiger partial charge in [-0.25, -0.2) is 4.39 Å². The number of alkyl halides is 1. The van der Waals surface area contributed by atoms with E-state index < -0.39 is 12.7 Å². The second-order valence-electron chi connectivity index (χ2n) is 2.86. The summed E-state index contributed by atoms with van der Waals surface area (Å²) in [5, 5.41) is 0. The highest BCUT2D eigenvalue weighted by Gasteiger charge is 2.03. The first kappa shape index (κ1) is 9.20. The van der Waals surface area contributed by atoms with E-state index in [1.165, 1.54) is 5.56 Å². The number of benzene rings is 1. The maximum atomic E-state index is 12.1. The Morgan fingerprint density at radius 2 is 1.92 bits per heavy atom. The van der Waals surface area contributed by atoms with Gasteiger partial charge in [0.1, 0.15) is 6.67 Å². The highest BCUT2D eigenvalue weighted by molar-refractivity contribution is 5.24. The molecule has 0 fully saturated rings. The third-order valence-electron chi connectivity index (χ3n) is 1.98. The minimum Gasteiger partial charge on any atom is -0.322 e. The van der Waals surface area contributed by atoms with Crippen molar-refractivity contribution in [2.75, 3.05) is 6.67 Å². The van der Waals surface area contributed by atoms with Gasteiger partial charge in [-0.1, -0.05) is 31.2 Å². The molecule has 0 unspecified atom stereocenters. The first-order valence-corrected chi connectivity index (χ1v) is 4.18. The van der Waals surface area contributed by atoms with Crippen molar-refractivity contribution in [3.63, 3.8) is 0 Å². The van der Waals surface area contributed by atoms with Crippen molar-refractivity contribution in [2.45, 2.75) is 19.4 Å². The Labute approximate surface area is 72.4 Å². The van der Waals surface area contributed by atoms with Crippen LogP contribution in [0.4, 0.5) is 4.39 Å². The van der Waals surface area contributed by atoms with Crippen LogP contribution in [-0.2, 0) is 6.42 Å². The summed E-state index contributed by atoms with van der Waals surface area (Å²) in [4.78, 5) is 0. The molecule has 1 aromatic carbocycles. The standard InChI is InChI=1S/C10H14FN/c1-2-8-3-5-9(6-4-8)10(12)7-11/h3-6,10H,2,7,12H2,1H3/t10-/m0/s1. The van der Waals surface area contributed by atoms with Gasteiger partial charge in [0.05, 0.1) is 6.04 Å². The third-order valence-corrected chi connectivity index (χ3v) is 1.98. The van der Waals surface area contributed by atoms with Gasteiger partial charge in [0, 0.05) is 0 Å². The first-order chi connectivity index (χ1) is 5.77. The first-order valence-electron chi connectivity index (χ1n) is 4.18. The molecule has 66 valence electrons. The van der Waals surface area contributed by atoms with Crippen molar-refractivity contribution in [3.05, 3.63) is 35.4 Å². The summed E-state index contributed by atoms with van der Waals surface area (Å²) >= 11 is 0. The molecule has 0 heterocycles. The third kappa shape index (κ3) is 2.05. The maximum Gasteiger partial charge on any atom is 0.109 e. The fourth-order valence-electron chi connectivity index (χ4n) is 1.09. The minimum atomic E-state index is -0.495. The molecule has 0 aliphatic heterocycles. The molecular formula is C10H14FN. The number of rotatable bonds is 3. The molecule has 0 bridgehead atoms. The molecule has 0 saturated carbocycles. The second-order valence-corrected chi connectivity index (χ2v) is 2.86. The van der Waals surface area contributed by atoms with Gasteiger partial charge in [-0.3, -0.25) is 0 Å². The van der Waals surface area contributed by atoms with Crippen LogP contribution in [0.1, 0.15) is 24.1 Å². The Hall–Kier alpha value is -0.890. The highest BCUT2D eigenvalue weighted by Crippen LogP contribution is 2.12. The monoisotopic (exact) mass is 167 g/mol. The van der Waals surface area contributed by atoms with E-state index in [9.17, 15) is 4.39 Å². The molecule has 0 spiro atoms. The van der Waals surface area contributed by atoms with Crippen LogP contribution in [0.15, 0.2) is 24.3 Å². The van der Waals surface area contributed by atoms with Gasteiger partial charge in [-0.05, 0) is 17.5 Å². The Balaban J connectivity index is 2.77. The maximum absolute atomic E-state index is 12.1. The normalized spacial score (nSPS) is 12.9. The summed E-state index contributed by atoms with van der Waals surface area (Å²) in [6, 6.07) is 7.30. The number of hydrogen-bond donors (Lipinski definition) is 1.